The highest BCUT2D eigenvalue weighted by Crippen LogP contribution is 2.27. The van der Waals surface area contributed by atoms with Crippen LogP contribution in [0, 0.1) is 0 Å². The molecule has 0 aromatic heterocycles. The Morgan fingerprint density at radius 3 is 2.67 bits per heavy atom. The van der Waals surface area contributed by atoms with Crippen molar-refractivity contribution in [1.29, 1.82) is 0 Å². The molecule has 6 heteroatoms. The molecular formula is C15H13Cl2NO3. The molecule has 110 valence electrons. The van der Waals surface area contributed by atoms with E-state index in [1.165, 1.54) is 6.21 Å². The van der Waals surface area contributed by atoms with E-state index in [9.17, 15) is 0 Å². The zero-order valence-corrected chi connectivity index (χ0v) is 12.5. The Morgan fingerprint density at radius 2 is 1.86 bits per heavy atom. The maximum atomic E-state index is 8.48. The van der Waals surface area contributed by atoms with E-state index in [0.29, 0.717) is 34.8 Å². The molecule has 0 unspecified atom stereocenters. The molecule has 0 fully saturated rings. The van der Waals surface area contributed by atoms with Crippen molar-refractivity contribution in [3.63, 3.8) is 0 Å². The van der Waals surface area contributed by atoms with E-state index in [4.69, 9.17) is 37.9 Å². The summed E-state index contributed by atoms with van der Waals surface area (Å²) in [5, 5.41) is 12.5. The van der Waals surface area contributed by atoms with Gasteiger partial charge >= 0.3 is 0 Å². The second-order valence-electron chi connectivity index (χ2n) is 4.09. The third kappa shape index (κ3) is 4.85. The maximum Gasteiger partial charge on any atom is 0.139 e. The fourth-order valence-electron chi connectivity index (χ4n) is 1.65. The summed E-state index contributed by atoms with van der Waals surface area (Å²) in [6.45, 7) is 0.681. The molecule has 0 aliphatic heterocycles. The van der Waals surface area contributed by atoms with E-state index in [1.807, 2.05) is 0 Å². The molecule has 0 bridgehead atoms. The van der Waals surface area contributed by atoms with E-state index in [-0.39, 0.29) is 0 Å². The van der Waals surface area contributed by atoms with Crippen LogP contribution in [0.3, 0.4) is 0 Å². The van der Waals surface area contributed by atoms with Crippen LogP contribution < -0.4 is 9.47 Å². The number of hydrogen-bond donors (Lipinski definition) is 1. The van der Waals surface area contributed by atoms with Gasteiger partial charge in [0.25, 0.3) is 0 Å². The molecule has 0 atom stereocenters. The van der Waals surface area contributed by atoms with Crippen LogP contribution in [0.1, 0.15) is 5.56 Å². The lowest BCUT2D eigenvalue weighted by atomic mass is 10.2. The van der Waals surface area contributed by atoms with E-state index >= 15 is 0 Å². The number of benzene rings is 2. The van der Waals surface area contributed by atoms with Gasteiger partial charge in [0.05, 0.1) is 11.2 Å². The first-order valence-corrected chi connectivity index (χ1v) is 6.93. The number of hydrogen-bond acceptors (Lipinski definition) is 4. The lowest BCUT2D eigenvalue weighted by Crippen LogP contribution is -2.09. The normalized spacial score (nSPS) is 10.8. The Hall–Kier alpha value is -1.91. The van der Waals surface area contributed by atoms with Crippen molar-refractivity contribution in [2.45, 2.75) is 0 Å². The van der Waals surface area contributed by atoms with Gasteiger partial charge in [-0.25, -0.2) is 0 Å². The summed E-state index contributed by atoms with van der Waals surface area (Å²) in [6.07, 6.45) is 1.33. The molecule has 2 aromatic carbocycles. The topological polar surface area (TPSA) is 51.1 Å². The number of halogens is 2. The Labute approximate surface area is 132 Å². The largest absolute Gasteiger partial charge is 0.490 e. The van der Waals surface area contributed by atoms with Gasteiger partial charge in [-0.15, -0.1) is 0 Å². The molecule has 0 heterocycles. The highest BCUT2D eigenvalue weighted by Gasteiger charge is 2.02. The zero-order chi connectivity index (χ0) is 15.1. The molecule has 2 rings (SSSR count). The smallest absolute Gasteiger partial charge is 0.139 e. The number of nitrogens with zero attached hydrogens (tertiary/aromatic N) is 1. The van der Waals surface area contributed by atoms with Gasteiger partial charge in [0.1, 0.15) is 24.7 Å². The summed E-state index contributed by atoms with van der Waals surface area (Å²) >= 11 is 11.9. The van der Waals surface area contributed by atoms with E-state index in [2.05, 4.69) is 5.16 Å². The second-order valence-corrected chi connectivity index (χ2v) is 4.93. The van der Waals surface area contributed by atoms with E-state index < -0.39 is 0 Å². The highest BCUT2D eigenvalue weighted by molar-refractivity contribution is 6.34. The molecule has 21 heavy (non-hydrogen) atoms. The summed E-state index contributed by atoms with van der Waals surface area (Å²) < 4.78 is 11.0. The first-order chi connectivity index (χ1) is 10.2. The fraction of sp³-hybridized carbons (Fsp3) is 0.133. The standard InChI is InChI=1S/C15H13Cl2NO3/c16-12-4-5-14(17)15(9-12)21-7-6-20-13-3-1-2-11(8-13)10-18-19/h1-5,8-10,19H,6-7H2. The van der Waals surface area contributed by atoms with Crippen molar-refractivity contribution in [3.8, 4) is 11.5 Å². The molecule has 0 amide bonds. The predicted molar refractivity (Wildman–Crippen MR) is 83.3 cm³/mol. The fourth-order valence-corrected chi connectivity index (χ4v) is 1.98. The summed E-state index contributed by atoms with van der Waals surface area (Å²) in [7, 11) is 0. The van der Waals surface area contributed by atoms with Crippen molar-refractivity contribution in [2.75, 3.05) is 13.2 Å². The van der Waals surface area contributed by atoms with Gasteiger partial charge in [-0.3, -0.25) is 0 Å². The summed E-state index contributed by atoms with van der Waals surface area (Å²) in [6, 6.07) is 12.2. The monoisotopic (exact) mass is 325 g/mol. The first-order valence-electron chi connectivity index (χ1n) is 6.17. The molecule has 0 saturated heterocycles. The Bertz CT molecular complexity index is 632. The Morgan fingerprint density at radius 1 is 1.05 bits per heavy atom. The van der Waals surface area contributed by atoms with Crippen molar-refractivity contribution >= 4 is 29.4 Å². The summed E-state index contributed by atoms with van der Waals surface area (Å²) in [5.41, 5.74) is 0.744. The van der Waals surface area contributed by atoms with Gasteiger partial charge in [0.15, 0.2) is 0 Å². The molecular weight excluding hydrogens is 313 g/mol. The van der Waals surface area contributed by atoms with Crippen LogP contribution in [0.4, 0.5) is 0 Å². The molecule has 4 nitrogen and oxygen atoms in total. The molecule has 0 aliphatic rings. The van der Waals surface area contributed by atoms with Gasteiger partial charge in [0, 0.05) is 11.1 Å². The number of rotatable bonds is 6. The second kappa shape index (κ2) is 7.76. The molecule has 2 aromatic rings. The molecule has 1 N–H and O–H groups in total. The average Bonchev–Trinajstić information content (AvgIpc) is 2.48. The molecule has 0 aliphatic carbocycles. The zero-order valence-electron chi connectivity index (χ0n) is 11.0. The minimum atomic E-state index is 0.332. The predicted octanol–water partition coefficient (Wildman–Crippen LogP) is 4.26. The van der Waals surface area contributed by atoms with Crippen LogP contribution in [0.25, 0.3) is 0 Å². The third-order valence-electron chi connectivity index (χ3n) is 2.57. The Kier molecular flexibility index (Phi) is 5.72. The van der Waals surface area contributed by atoms with Crippen LogP contribution in [-0.2, 0) is 0 Å². The van der Waals surface area contributed by atoms with Crippen LogP contribution >= 0.6 is 23.2 Å². The van der Waals surface area contributed by atoms with Gasteiger partial charge in [-0.2, -0.15) is 0 Å². The van der Waals surface area contributed by atoms with Gasteiger partial charge in [-0.1, -0.05) is 40.5 Å². The average molecular weight is 326 g/mol. The minimum Gasteiger partial charge on any atom is -0.490 e. The number of ether oxygens (including phenoxy) is 2. The van der Waals surface area contributed by atoms with Gasteiger partial charge in [-0.05, 0) is 29.8 Å². The van der Waals surface area contributed by atoms with Gasteiger partial charge in [0.2, 0.25) is 0 Å². The van der Waals surface area contributed by atoms with E-state index in [0.717, 1.165) is 5.56 Å². The van der Waals surface area contributed by atoms with Crippen molar-refractivity contribution in [2.24, 2.45) is 5.16 Å². The minimum absolute atomic E-state index is 0.332. The lowest BCUT2D eigenvalue weighted by molar-refractivity contribution is 0.217. The SMILES string of the molecule is ON=Cc1cccc(OCCOc2cc(Cl)ccc2Cl)c1. The van der Waals surface area contributed by atoms with Gasteiger partial charge < -0.3 is 14.7 Å². The molecule has 0 radical (unpaired) electrons. The third-order valence-corrected chi connectivity index (χ3v) is 3.12. The van der Waals surface area contributed by atoms with Crippen molar-refractivity contribution < 1.29 is 14.7 Å². The Balaban J connectivity index is 1.84. The van der Waals surface area contributed by atoms with Crippen LogP contribution in [0.5, 0.6) is 11.5 Å². The van der Waals surface area contributed by atoms with E-state index in [1.54, 1.807) is 42.5 Å². The number of oxime groups is 1. The van der Waals surface area contributed by atoms with Crippen molar-refractivity contribution in [1.82, 2.24) is 0 Å². The van der Waals surface area contributed by atoms with Crippen LogP contribution in [0.15, 0.2) is 47.6 Å². The lowest BCUT2D eigenvalue weighted by Gasteiger charge is -2.10. The highest BCUT2D eigenvalue weighted by atomic mass is 35.5. The van der Waals surface area contributed by atoms with Crippen LogP contribution in [0.2, 0.25) is 10.0 Å². The summed E-state index contributed by atoms with van der Waals surface area (Å²) in [5.74, 6) is 1.18. The molecule has 0 saturated carbocycles. The maximum absolute atomic E-state index is 8.48. The molecule has 0 spiro atoms. The van der Waals surface area contributed by atoms with Crippen LogP contribution in [-0.4, -0.2) is 24.6 Å². The summed E-state index contributed by atoms with van der Waals surface area (Å²) in [4.78, 5) is 0. The first kappa shape index (κ1) is 15.5. The van der Waals surface area contributed by atoms with Crippen molar-refractivity contribution in [3.05, 3.63) is 58.1 Å². The quantitative estimate of drug-likeness (QED) is 0.373.